The Morgan fingerprint density at radius 3 is 2.41 bits per heavy atom. The number of fused-ring (bicyclic) bond motifs is 1. The lowest BCUT2D eigenvalue weighted by molar-refractivity contribution is -0.112. The SMILES string of the molecule is CCN(CC)CCOc1cc(NC(=O)C2=Cc3cc(-c4ccc(C)cc4)ccc3CCC2)ccc1OC. The lowest BCUT2D eigenvalue weighted by Crippen LogP contribution is -2.28. The fraction of sp³-hybridized carbons (Fsp3) is 0.344. The number of methoxy groups -OCH3 is 1. The van der Waals surface area contributed by atoms with Crippen LogP contribution in [0.1, 0.15) is 43.4 Å². The number of ether oxygens (including phenoxy) is 2. The van der Waals surface area contributed by atoms with Crippen molar-refractivity contribution < 1.29 is 14.3 Å². The molecule has 1 N–H and O–H groups in total. The highest BCUT2D eigenvalue weighted by molar-refractivity contribution is 6.07. The number of carbonyl (C=O) groups is 1. The zero-order valence-electron chi connectivity index (χ0n) is 22.5. The highest BCUT2D eigenvalue weighted by Crippen LogP contribution is 2.32. The van der Waals surface area contributed by atoms with Crippen LogP contribution in [0, 0.1) is 6.92 Å². The number of nitrogens with zero attached hydrogens (tertiary/aromatic N) is 1. The Morgan fingerprint density at radius 2 is 1.68 bits per heavy atom. The topological polar surface area (TPSA) is 50.8 Å². The molecule has 3 aromatic carbocycles. The van der Waals surface area contributed by atoms with Gasteiger partial charge in [-0.15, -0.1) is 0 Å². The number of rotatable bonds is 10. The van der Waals surface area contributed by atoms with Crippen molar-refractivity contribution in [2.75, 3.05) is 38.7 Å². The molecule has 1 amide bonds. The molecule has 0 saturated carbocycles. The van der Waals surface area contributed by atoms with Gasteiger partial charge in [0.25, 0.3) is 5.91 Å². The zero-order chi connectivity index (χ0) is 26.2. The maximum atomic E-state index is 13.3. The van der Waals surface area contributed by atoms with Crippen molar-refractivity contribution in [2.24, 2.45) is 0 Å². The molecule has 1 aliphatic carbocycles. The first-order valence-electron chi connectivity index (χ1n) is 13.3. The predicted molar refractivity (Wildman–Crippen MR) is 152 cm³/mol. The molecule has 0 bridgehead atoms. The minimum Gasteiger partial charge on any atom is -0.493 e. The molecule has 1 aliphatic rings. The van der Waals surface area contributed by atoms with E-state index in [1.165, 1.54) is 22.3 Å². The van der Waals surface area contributed by atoms with Crippen LogP contribution < -0.4 is 14.8 Å². The van der Waals surface area contributed by atoms with Crippen LogP contribution in [0.15, 0.2) is 66.2 Å². The van der Waals surface area contributed by atoms with Gasteiger partial charge in [0.15, 0.2) is 11.5 Å². The van der Waals surface area contributed by atoms with E-state index in [0.29, 0.717) is 23.8 Å². The summed E-state index contributed by atoms with van der Waals surface area (Å²) < 4.78 is 11.5. The van der Waals surface area contributed by atoms with E-state index in [0.717, 1.165) is 50.0 Å². The maximum Gasteiger partial charge on any atom is 0.251 e. The van der Waals surface area contributed by atoms with Gasteiger partial charge in [-0.2, -0.15) is 0 Å². The zero-order valence-corrected chi connectivity index (χ0v) is 22.5. The van der Waals surface area contributed by atoms with Crippen LogP contribution in [-0.2, 0) is 11.2 Å². The maximum absolute atomic E-state index is 13.3. The van der Waals surface area contributed by atoms with Gasteiger partial charge in [-0.3, -0.25) is 4.79 Å². The Hall–Kier alpha value is -3.57. The van der Waals surface area contributed by atoms with Crippen molar-refractivity contribution in [1.29, 1.82) is 0 Å². The van der Waals surface area contributed by atoms with E-state index in [4.69, 9.17) is 9.47 Å². The molecule has 5 nitrogen and oxygen atoms in total. The molecule has 37 heavy (non-hydrogen) atoms. The quantitative estimate of drug-likeness (QED) is 0.336. The number of aryl methyl sites for hydroxylation is 2. The van der Waals surface area contributed by atoms with Gasteiger partial charge in [0.1, 0.15) is 6.61 Å². The molecule has 194 valence electrons. The summed E-state index contributed by atoms with van der Waals surface area (Å²) in [7, 11) is 1.63. The number of nitrogens with one attached hydrogen (secondary N) is 1. The molecule has 0 unspecified atom stereocenters. The summed E-state index contributed by atoms with van der Waals surface area (Å²) in [5, 5.41) is 3.08. The first-order chi connectivity index (χ1) is 18.0. The number of anilines is 1. The van der Waals surface area contributed by atoms with Crippen LogP contribution in [0.4, 0.5) is 5.69 Å². The van der Waals surface area contributed by atoms with Crippen LogP contribution >= 0.6 is 0 Å². The number of likely N-dealkylation sites (N-methyl/N-ethyl adjacent to an activating group) is 1. The Balaban J connectivity index is 1.51. The number of carbonyl (C=O) groups excluding carboxylic acids is 1. The summed E-state index contributed by atoms with van der Waals surface area (Å²) in [6.07, 6.45) is 4.70. The summed E-state index contributed by atoms with van der Waals surface area (Å²) in [5.74, 6) is 1.21. The van der Waals surface area contributed by atoms with Crippen molar-refractivity contribution in [3.05, 3.63) is 82.9 Å². The summed E-state index contributed by atoms with van der Waals surface area (Å²) in [5.41, 5.74) is 7.49. The Labute approximate surface area is 221 Å². The molecule has 4 rings (SSSR count). The minimum absolute atomic E-state index is 0.0761. The van der Waals surface area contributed by atoms with Gasteiger partial charge in [0, 0.05) is 23.9 Å². The fourth-order valence-electron chi connectivity index (χ4n) is 4.69. The fourth-order valence-corrected chi connectivity index (χ4v) is 4.69. The van der Waals surface area contributed by atoms with E-state index in [2.05, 4.69) is 79.5 Å². The van der Waals surface area contributed by atoms with Crippen molar-refractivity contribution >= 4 is 17.7 Å². The van der Waals surface area contributed by atoms with E-state index in [1.807, 2.05) is 18.2 Å². The van der Waals surface area contributed by atoms with Crippen LogP contribution in [0.25, 0.3) is 17.2 Å². The average Bonchev–Trinajstić information content (AvgIpc) is 3.14. The second-order valence-electron chi connectivity index (χ2n) is 9.50. The van der Waals surface area contributed by atoms with Crippen molar-refractivity contribution in [3.8, 4) is 22.6 Å². The molecule has 3 aromatic rings. The highest BCUT2D eigenvalue weighted by atomic mass is 16.5. The van der Waals surface area contributed by atoms with E-state index < -0.39 is 0 Å². The summed E-state index contributed by atoms with van der Waals surface area (Å²) in [6, 6.07) is 20.7. The summed E-state index contributed by atoms with van der Waals surface area (Å²) >= 11 is 0. The molecule has 0 atom stereocenters. The van der Waals surface area contributed by atoms with Crippen LogP contribution in [-0.4, -0.2) is 44.2 Å². The smallest absolute Gasteiger partial charge is 0.251 e. The monoisotopic (exact) mass is 498 g/mol. The van der Waals surface area contributed by atoms with E-state index in [-0.39, 0.29) is 5.91 Å². The Morgan fingerprint density at radius 1 is 0.919 bits per heavy atom. The van der Waals surface area contributed by atoms with Crippen LogP contribution in [0.3, 0.4) is 0 Å². The van der Waals surface area contributed by atoms with Crippen molar-refractivity contribution in [2.45, 2.75) is 40.0 Å². The molecule has 0 aliphatic heterocycles. The molecule has 0 saturated heterocycles. The van der Waals surface area contributed by atoms with Crippen molar-refractivity contribution in [3.63, 3.8) is 0 Å². The van der Waals surface area contributed by atoms with Gasteiger partial charge in [0.2, 0.25) is 0 Å². The molecule has 0 fully saturated rings. The standard InChI is InChI=1S/C32H38N2O3/c1-5-34(6-2)18-19-37-31-22-29(16-17-30(31)36-4)33-32(35)27-9-7-8-24-14-15-26(20-28(24)21-27)25-12-10-23(3)11-13-25/h10-17,20-22H,5-9,18-19H2,1-4H3,(H,33,35). The number of hydrogen-bond acceptors (Lipinski definition) is 4. The highest BCUT2D eigenvalue weighted by Gasteiger charge is 2.17. The van der Waals surface area contributed by atoms with Crippen LogP contribution in [0.5, 0.6) is 11.5 Å². The molecule has 5 heteroatoms. The second kappa shape index (κ2) is 12.6. The Bertz CT molecular complexity index is 1240. The van der Waals surface area contributed by atoms with Gasteiger partial charge >= 0.3 is 0 Å². The molecular formula is C32H38N2O3. The number of amides is 1. The lowest BCUT2D eigenvalue weighted by atomic mass is 9.97. The third-order valence-electron chi connectivity index (χ3n) is 7.03. The van der Waals surface area contributed by atoms with E-state index in [9.17, 15) is 4.79 Å². The van der Waals surface area contributed by atoms with Gasteiger partial charge < -0.3 is 19.7 Å². The van der Waals surface area contributed by atoms with Crippen LogP contribution in [0.2, 0.25) is 0 Å². The largest absolute Gasteiger partial charge is 0.493 e. The predicted octanol–water partition coefficient (Wildman–Crippen LogP) is 6.75. The summed E-state index contributed by atoms with van der Waals surface area (Å²) in [6.45, 7) is 9.74. The molecular weight excluding hydrogens is 460 g/mol. The summed E-state index contributed by atoms with van der Waals surface area (Å²) in [4.78, 5) is 15.6. The second-order valence-corrected chi connectivity index (χ2v) is 9.50. The van der Waals surface area contributed by atoms with E-state index in [1.54, 1.807) is 7.11 Å². The molecule has 0 radical (unpaired) electrons. The minimum atomic E-state index is -0.0761. The number of benzene rings is 3. The first kappa shape index (κ1) is 26.5. The molecule has 0 heterocycles. The Kier molecular flexibility index (Phi) is 9.02. The number of hydrogen-bond donors (Lipinski definition) is 1. The third-order valence-corrected chi connectivity index (χ3v) is 7.03. The first-order valence-corrected chi connectivity index (χ1v) is 13.3. The van der Waals surface area contributed by atoms with E-state index >= 15 is 0 Å². The average molecular weight is 499 g/mol. The molecule has 0 spiro atoms. The van der Waals surface area contributed by atoms with Crippen molar-refractivity contribution in [1.82, 2.24) is 4.90 Å². The lowest BCUT2D eigenvalue weighted by Gasteiger charge is -2.19. The van der Waals surface area contributed by atoms with Gasteiger partial charge in [-0.25, -0.2) is 0 Å². The normalized spacial score (nSPS) is 12.9. The molecule has 0 aromatic heterocycles. The van der Waals surface area contributed by atoms with Gasteiger partial charge in [0.05, 0.1) is 7.11 Å². The van der Waals surface area contributed by atoms with Gasteiger partial charge in [-0.05, 0) is 85.8 Å². The third kappa shape index (κ3) is 6.80. The van der Waals surface area contributed by atoms with Gasteiger partial charge in [-0.1, -0.05) is 55.8 Å².